The smallest absolute Gasteiger partial charge is 0.338 e. The molecule has 2 rings (SSSR count). The lowest BCUT2D eigenvalue weighted by Gasteiger charge is -2.06. The first-order valence-electron chi connectivity index (χ1n) is 6.57. The molecule has 1 aromatic carbocycles. The van der Waals surface area contributed by atoms with E-state index >= 15 is 0 Å². The molecule has 0 saturated heterocycles. The van der Waals surface area contributed by atoms with E-state index in [1.807, 2.05) is 5.32 Å². The highest BCUT2D eigenvalue weighted by Gasteiger charge is 2.13. The maximum absolute atomic E-state index is 13.0. The predicted molar refractivity (Wildman–Crippen MR) is 75.8 cm³/mol. The summed E-state index contributed by atoms with van der Waals surface area (Å²) in [6, 6.07) is 7.40. The molecule has 7 nitrogen and oxygen atoms in total. The molecule has 0 spiro atoms. The summed E-state index contributed by atoms with van der Waals surface area (Å²) in [4.78, 5) is 34.5. The van der Waals surface area contributed by atoms with Crippen molar-refractivity contribution in [3.63, 3.8) is 0 Å². The number of amides is 3. The Morgan fingerprint density at radius 3 is 2.70 bits per heavy atom. The van der Waals surface area contributed by atoms with Gasteiger partial charge in [-0.1, -0.05) is 6.07 Å². The number of hydrogen-bond donors (Lipinski definition) is 2. The number of imide groups is 1. The van der Waals surface area contributed by atoms with Crippen LogP contribution in [0.2, 0.25) is 0 Å². The van der Waals surface area contributed by atoms with Gasteiger partial charge < -0.3 is 14.5 Å². The third-order valence-electron chi connectivity index (χ3n) is 2.65. The summed E-state index contributed by atoms with van der Waals surface area (Å²) < 4.78 is 22.6. The Bertz CT molecular complexity index is 700. The zero-order valence-electron chi connectivity index (χ0n) is 11.9. The molecule has 1 heterocycles. The van der Waals surface area contributed by atoms with E-state index in [1.54, 1.807) is 12.1 Å². The van der Waals surface area contributed by atoms with Crippen LogP contribution >= 0.6 is 0 Å². The number of nitrogens with one attached hydrogen (secondary N) is 2. The number of benzene rings is 1. The first kappa shape index (κ1) is 16.2. The zero-order chi connectivity index (χ0) is 16.7. The summed E-state index contributed by atoms with van der Waals surface area (Å²) in [7, 11) is 0. The van der Waals surface area contributed by atoms with Crippen molar-refractivity contribution in [3.8, 4) is 0 Å². The number of furan rings is 1. The molecule has 2 aromatic rings. The van der Waals surface area contributed by atoms with E-state index < -0.39 is 30.3 Å². The maximum atomic E-state index is 13.0. The number of rotatable bonds is 5. The molecule has 2 N–H and O–H groups in total. The average Bonchev–Trinajstić information content (AvgIpc) is 3.04. The maximum Gasteiger partial charge on any atom is 0.338 e. The number of esters is 1. The Balaban J connectivity index is 1.72. The van der Waals surface area contributed by atoms with Gasteiger partial charge in [0.1, 0.15) is 11.6 Å². The van der Waals surface area contributed by atoms with E-state index in [4.69, 9.17) is 4.42 Å². The minimum atomic E-state index is -0.865. The van der Waals surface area contributed by atoms with Crippen LogP contribution in [0.3, 0.4) is 0 Å². The fraction of sp³-hybridized carbons (Fsp3) is 0.133. The number of hydrogen-bond acceptors (Lipinski definition) is 5. The van der Waals surface area contributed by atoms with Crippen LogP contribution < -0.4 is 10.6 Å². The molecule has 120 valence electrons. The Kier molecular flexibility index (Phi) is 5.45. The minimum absolute atomic E-state index is 0.0277. The van der Waals surface area contributed by atoms with Gasteiger partial charge in [0.2, 0.25) is 0 Å². The van der Waals surface area contributed by atoms with E-state index in [2.05, 4.69) is 10.1 Å². The van der Waals surface area contributed by atoms with Crippen molar-refractivity contribution in [1.29, 1.82) is 0 Å². The number of carbonyl (C=O) groups excluding carboxylic acids is 3. The summed E-state index contributed by atoms with van der Waals surface area (Å²) in [6.45, 7) is -0.557. The van der Waals surface area contributed by atoms with Crippen LogP contribution in [0.5, 0.6) is 0 Å². The summed E-state index contributed by atoms with van der Waals surface area (Å²) in [5.41, 5.74) is -0.0277. The summed E-state index contributed by atoms with van der Waals surface area (Å²) in [5.74, 6) is -1.76. The Morgan fingerprint density at radius 2 is 2.00 bits per heavy atom. The number of ether oxygens (including phenoxy) is 1. The third-order valence-corrected chi connectivity index (χ3v) is 2.65. The largest absolute Gasteiger partial charge is 0.467 e. The molecular formula is C15H13FN2O5. The Morgan fingerprint density at radius 1 is 1.17 bits per heavy atom. The first-order chi connectivity index (χ1) is 11.0. The second-order valence-electron chi connectivity index (χ2n) is 4.40. The van der Waals surface area contributed by atoms with Gasteiger partial charge in [-0.25, -0.2) is 14.0 Å². The lowest BCUT2D eigenvalue weighted by Crippen LogP contribution is -2.41. The highest BCUT2D eigenvalue weighted by Crippen LogP contribution is 2.05. The van der Waals surface area contributed by atoms with Crippen LogP contribution in [0.4, 0.5) is 9.18 Å². The highest BCUT2D eigenvalue weighted by atomic mass is 19.1. The third kappa shape index (κ3) is 5.27. The van der Waals surface area contributed by atoms with Crippen molar-refractivity contribution in [1.82, 2.24) is 10.6 Å². The zero-order valence-corrected chi connectivity index (χ0v) is 11.9. The molecule has 1 aromatic heterocycles. The van der Waals surface area contributed by atoms with Gasteiger partial charge in [0.05, 0.1) is 18.4 Å². The van der Waals surface area contributed by atoms with Crippen molar-refractivity contribution in [2.45, 2.75) is 6.54 Å². The van der Waals surface area contributed by atoms with Gasteiger partial charge in [0.15, 0.2) is 6.61 Å². The van der Waals surface area contributed by atoms with E-state index in [0.717, 1.165) is 6.07 Å². The molecule has 0 bridgehead atoms. The first-order valence-corrected chi connectivity index (χ1v) is 6.57. The highest BCUT2D eigenvalue weighted by molar-refractivity contribution is 5.96. The van der Waals surface area contributed by atoms with Crippen molar-refractivity contribution >= 4 is 17.9 Å². The number of urea groups is 1. The Labute approximate surface area is 130 Å². The Hall–Kier alpha value is -3.16. The van der Waals surface area contributed by atoms with E-state index in [0.29, 0.717) is 5.76 Å². The predicted octanol–water partition coefficient (Wildman–Crippen LogP) is 1.60. The monoisotopic (exact) mass is 320 g/mol. The molecule has 0 aliphatic rings. The fourth-order valence-electron chi connectivity index (χ4n) is 1.62. The summed E-state index contributed by atoms with van der Waals surface area (Å²) in [5, 5.41) is 4.37. The molecule has 0 aliphatic carbocycles. The summed E-state index contributed by atoms with van der Waals surface area (Å²) >= 11 is 0. The van der Waals surface area contributed by atoms with Crippen molar-refractivity contribution in [2.75, 3.05) is 6.61 Å². The van der Waals surface area contributed by atoms with Crippen LogP contribution in [-0.4, -0.2) is 24.5 Å². The second kappa shape index (κ2) is 7.74. The quantitative estimate of drug-likeness (QED) is 0.816. The standard InChI is InChI=1S/C15H13FN2O5/c16-11-4-1-3-10(7-11)14(20)23-9-13(19)18-15(21)17-8-12-5-2-6-22-12/h1-7H,8-9H2,(H2,17,18,19,21). The molecule has 0 fully saturated rings. The van der Waals surface area contributed by atoms with Crippen molar-refractivity contribution in [2.24, 2.45) is 0 Å². The lowest BCUT2D eigenvalue weighted by molar-refractivity contribution is -0.123. The molecule has 0 atom stereocenters. The van der Waals surface area contributed by atoms with Gasteiger partial charge in [-0.15, -0.1) is 0 Å². The van der Waals surface area contributed by atoms with Crippen LogP contribution in [-0.2, 0) is 16.1 Å². The van der Waals surface area contributed by atoms with Crippen molar-refractivity contribution < 1.29 is 27.9 Å². The van der Waals surface area contributed by atoms with Gasteiger partial charge in [-0.2, -0.15) is 0 Å². The van der Waals surface area contributed by atoms with Gasteiger partial charge in [-0.3, -0.25) is 10.1 Å². The fourth-order valence-corrected chi connectivity index (χ4v) is 1.62. The minimum Gasteiger partial charge on any atom is -0.467 e. The van der Waals surface area contributed by atoms with Crippen LogP contribution in [0.1, 0.15) is 16.1 Å². The van der Waals surface area contributed by atoms with Gasteiger partial charge in [0.25, 0.3) is 5.91 Å². The van der Waals surface area contributed by atoms with E-state index in [1.165, 1.54) is 24.5 Å². The van der Waals surface area contributed by atoms with E-state index in [9.17, 15) is 18.8 Å². The second-order valence-corrected chi connectivity index (χ2v) is 4.40. The molecular weight excluding hydrogens is 307 g/mol. The molecule has 0 unspecified atom stereocenters. The van der Waals surface area contributed by atoms with Gasteiger partial charge in [0, 0.05) is 0 Å². The van der Waals surface area contributed by atoms with Crippen LogP contribution in [0, 0.1) is 5.82 Å². The van der Waals surface area contributed by atoms with Crippen molar-refractivity contribution in [3.05, 3.63) is 59.8 Å². The molecule has 8 heteroatoms. The lowest BCUT2D eigenvalue weighted by atomic mass is 10.2. The number of halogens is 1. The summed E-state index contributed by atoms with van der Waals surface area (Å²) in [6.07, 6.45) is 1.45. The molecule has 0 saturated carbocycles. The SMILES string of the molecule is O=C(COC(=O)c1cccc(F)c1)NC(=O)NCc1ccco1. The topological polar surface area (TPSA) is 97.6 Å². The van der Waals surface area contributed by atoms with Crippen LogP contribution in [0.25, 0.3) is 0 Å². The molecule has 0 aliphatic heterocycles. The molecule has 3 amide bonds. The van der Waals surface area contributed by atoms with Gasteiger partial charge in [-0.05, 0) is 30.3 Å². The normalized spacial score (nSPS) is 9.96. The van der Waals surface area contributed by atoms with E-state index in [-0.39, 0.29) is 12.1 Å². The van der Waals surface area contributed by atoms with Crippen LogP contribution in [0.15, 0.2) is 47.1 Å². The number of carbonyl (C=O) groups is 3. The average molecular weight is 320 g/mol. The molecule has 0 radical (unpaired) electrons. The van der Waals surface area contributed by atoms with Gasteiger partial charge >= 0.3 is 12.0 Å². The molecule has 23 heavy (non-hydrogen) atoms.